The molecule has 2 aromatic heterocycles. The predicted octanol–water partition coefficient (Wildman–Crippen LogP) is 7.58. The molecular formula is C30H19F3N6O3S2. The fraction of sp³-hybridized carbons (Fsp3) is 0.167. The van der Waals surface area contributed by atoms with E-state index in [4.69, 9.17) is 0 Å². The fourth-order valence-corrected chi connectivity index (χ4v) is 6.68. The van der Waals surface area contributed by atoms with Crippen molar-refractivity contribution in [1.82, 2.24) is 9.97 Å². The molecule has 0 aliphatic heterocycles. The van der Waals surface area contributed by atoms with Gasteiger partial charge in [-0.15, -0.1) is 11.3 Å². The molecule has 5 rings (SSSR count). The summed E-state index contributed by atoms with van der Waals surface area (Å²) < 4.78 is 40.9. The first-order valence-corrected chi connectivity index (χ1v) is 14.7. The number of aryl methyl sites for hydroxylation is 1. The molecule has 0 fully saturated rings. The number of fused-ring (bicyclic) bond motifs is 1. The number of nitriles is 2. The molecule has 44 heavy (non-hydrogen) atoms. The Labute approximate surface area is 256 Å². The summed E-state index contributed by atoms with van der Waals surface area (Å²) in [7, 11) is 0. The number of carbonyl (C=O) groups is 1. The van der Waals surface area contributed by atoms with Crippen LogP contribution in [0, 0.1) is 32.8 Å². The maximum absolute atomic E-state index is 13.6. The molecule has 0 saturated heterocycles. The third kappa shape index (κ3) is 6.62. The van der Waals surface area contributed by atoms with Crippen molar-refractivity contribution in [3.8, 4) is 23.4 Å². The number of nitro benzene ring substituents is 1. The largest absolute Gasteiger partial charge is 0.433 e. The van der Waals surface area contributed by atoms with Gasteiger partial charge in [0.2, 0.25) is 0 Å². The van der Waals surface area contributed by atoms with Gasteiger partial charge in [0, 0.05) is 16.5 Å². The Hall–Kier alpha value is -5.05. The van der Waals surface area contributed by atoms with Crippen LogP contribution in [0.25, 0.3) is 17.3 Å². The normalized spacial score (nSPS) is 13.0. The average Bonchev–Trinajstić information content (AvgIpc) is 3.36. The standard InChI is InChI=1S/C30H19F3N6O3S2/c31-30(32,33)26-14-22(18-6-2-1-3-7-18)36-29(37-26)44-25-11-10-17(13-23(25)39(41)42)12-19(15-34)27(40)38-28-21(16-35)20-8-4-5-9-24(20)43-28/h1-3,6-7,10-14H,4-5,8-9H2,(H,38,40)/b19-12-. The SMILES string of the molecule is N#C/C(=C/c1ccc(Sc2nc(-c3ccccc3)cc(C(F)(F)F)n2)c([N+](=O)[O-])c1)C(=O)Nc1sc2c(c1C#N)CCCC2. The summed E-state index contributed by atoms with van der Waals surface area (Å²) in [5.74, 6) is -0.783. The van der Waals surface area contributed by atoms with Gasteiger partial charge >= 0.3 is 6.18 Å². The Morgan fingerprint density at radius 3 is 2.52 bits per heavy atom. The highest BCUT2D eigenvalue weighted by Gasteiger charge is 2.34. The molecule has 1 aliphatic rings. The fourth-order valence-electron chi connectivity index (χ4n) is 4.58. The number of anilines is 1. The molecule has 0 bridgehead atoms. The summed E-state index contributed by atoms with van der Waals surface area (Å²) in [5, 5.41) is 33.9. The first-order chi connectivity index (χ1) is 21.1. The van der Waals surface area contributed by atoms with Gasteiger partial charge in [-0.3, -0.25) is 14.9 Å². The first kappa shape index (κ1) is 30.4. The first-order valence-electron chi connectivity index (χ1n) is 13.0. The van der Waals surface area contributed by atoms with Crippen LogP contribution in [-0.2, 0) is 23.8 Å². The highest BCUT2D eigenvalue weighted by Crippen LogP contribution is 2.39. The van der Waals surface area contributed by atoms with Gasteiger partial charge in [0.15, 0.2) is 5.16 Å². The average molecular weight is 633 g/mol. The number of rotatable bonds is 7. The number of hydrogen-bond acceptors (Lipinski definition) is 9. The van der Waals surface area contributed by atoms with E-state index in [0.29, 0.717) is 27.9 Å². The van der Waals surface area contributed by atoms with Crippen molar-refractivity contribution < 1.29 is 22.9 Å². The number of benzene rings is 2. The summed E-state index contributed by atoms with van der Waals surface area (Å²) in [5.41, 5.74) is -0.228. The molecule has 220 valence electrons. The lowest BCUT2D eigenvalue weighted by Gasteiger charge is -2.11. The number of nitrogens with zero attached hydrogens (tertiary/aromatic N) is 5. The van der Waals surface area contributed by atoms with E-state index < -0.39 is 28.4 Å². The van der Waals surface area contributed by atoms with Crippen LogP contribution in [0.4, 0.5) is 23.9 Å². The zero-order valence-electron chi connectivity index (χ0n) is 22.5. The molecule has 9 nitrogen and oxygen atoms in total. The van der Waals surface area contributed by atoms with Gasteiger partial charge < -0.3 is 5.32 Å². The van der Waals surface area contributed by atoms with E-state index in [9.17, 15) is 38.6 Å². The molecule has 2 aromatic carbocycles. The quantitative estimate of drug-likeness (QED) is 0.0721. The van der Waals surface area contributed by atoms with Gasteiger partial charge in [-0.05, 0) is 66.8 Å². The van der Waals surface area contributed by atoms with Crippen LogP contribution in [0.3, 0.4) is 0 Å². The van der Waals surface area contributed by atoms with Crippen LogP contribution in [0.1, 0.15) is 40.1 Å². The molecular weight excluding hydrogens is 613 g/mol. The lowest BCUT2D eigenvalue weighted by molar-refractivity contribution is -0.387. The number of nitrogens with one attached hydrogen (secondary N) is 1. The summed E-state index contributed by atoms with van der Waals surface area (Å²) in [6, 6.07) is 16.6. The third-order valence-electron chi connectivity index (χ3n) is 6.63. The maximum Gasteiger partial charge on any atom is 0.433 e. The summed E-state index contributed by atoms with van der Waals surface area (Å²) in [6.07, 6.45) is -0.165. The summed E-state index contributed by atoms with van der Waals surface area (Å²) in [6.45, 7) is 0. The minimum absolute atomic E-state index is 0.00606. The molecule has 0 spiro atoms. The van der Waals surface area contributed by atoms with E-state index >= 15 is 0 Å². The van der Waals surface area contributed by atoms with Crippen molar-refractivity contribution in [2.45, 2.75) is 41.9 Å². The van der Waals surface area contributed by atoms with E-state index in [1.54, 1.807) is 36.4 Å². The Bertz CT molecular complexity index is 1890. The Balaban J connectivity index is 1.44. The van der Waals surface area contributed by atoms with Crippen molar-refractivity contribution in [2.24, 2.45) is 0 Å². The number of carbonyl (C=O) groups excluding carboxylic acids is 1. The lowest BCUT2D eigenvalue weighted by atomic mass is 9.96. The van der Waals surface area contributed by atoms with Crippen LogP contribution in [0.2, 0.25) is 0 Å². The molecule has 14 heteroatoms. The number of halogens is 3. The van der Waals surface area contributed by atoms with Crippen LogP contribution >= 0.6 is 23.1 Å². The van der Waals surface area contributed by atoms with Gasteiger partial charge in [-0.25, -0.2) is 9.97 Å². The molecule has 0 radical (unpaired) electrons. The smallest absolute Gasteiger partial charge is 0.312 e. The van der Waals surface area contributed by atoms with Gasteiger partial charge in [0.05, 0.1) is 21.1 Å². The molecule has 0 saturated carbocycles. The van der Waals surface area contributed by atoms with Crippen molar-refractivity contribution in [1.29, 1.82) is 10.5 Å². The predicted molar refractivity (Wildman–Crippen MR) is 158 cm³/mol. The van der Waals surface area contributed by atoms with E-state index in [1.807, 2.05) is 0 Å². The third-order valence-corrected chi connectivity index (χ3v) is 8.77. The molecule has 1 N–H and O–H groups in total. The minimum atomic E-state index is -4.78. The number of amides is 1. The van der Waals surface area contributed by atoms with Gasteiger partial charge in [0.1, 0.15) is 28.4 Å². The van der Waals surface area contributed by atoms with Crippen LogP contribution in [0.5, 0.6) is 0 Å². The minimum Gasteiger partial charge on any atom is -0.312 e. The van der Waals surface area contributed by atoms with Gasteiger partial charge in [0.25, 0.3) is 11.6 Å². The summed E-state index contributed by atoms with van der Waals surface area (Å²) in [4.78, 5) is 33.0. The monoisotopic (exact) mass is 632 g/mol. The highest BCUT2D eigenvalue weighted by atomic mass is 32.2. The number of thiophene rings is 1. The maximum atomic E-state index is 13.6. The van der Waals surface area contributed by atoms with Crippen LogP contribution in [-0.4, -0.2) is 20.8 Å². The Morgan fingerprint density at radius 2 is 1.84 bits per heavy atom. The van der Waals surface area contributed by atoms with Crippen molar-refractivity contribution in [3.05, 3.63) is 97.5 Å². The zero-order chi connectivity index (χ0) is 31.4. The number of nitro groups is 1. The Morgan fingerprint density at radius 1 is 1.09 bits per heavy atom. The highest BCUT2D eigenvalue weighted by molar-refractivity contribution is 7.99. The lowest BCUT2D eigenvalue weighted by Crippen LogP contribution is -2.13. The van der Waals surface area contributed by atoms with Gasteiger partial charge in [-0.1, -0.05) is 36.4 Å². The van der Waals surface area contributed by atoms with Gasteiger partial charge in [-0.2, -0.15) is 23.7 Å². The molecule has 1 amide bonds. The molecule has 2 heterocycles. The number of alkyl halides is 3. The van der Waals surface area contributed by atoms with E-state index in [1.165, 1.54) is 23.5 Å². The summed E-state index contributed by atoms with van der Waals surface area (Å²) >= 11 is 1.88. The molecule has 0 atom stereocenters. The Kier molecular flexibility index (Phi) is 8.76. The van der Waals surface area contributed by atoms with Crippen LogP contribution < -0.4 is 5.32 Å². The topological polar surface area (TPSA) is 146 Å². The van der Waals surface area contributed by atoms with E-state index in [0.717, 1.165) is 54.3 Å². The van der Waals surface area contributed by atoms with E-state index in [-0.39, 0.29) is 26.9 Å². The number of aromatic nitrogens is 2. The second-order valence-electron chi connectivity index (χ2n) is 9.52. The van der Waals surface area contributed by atoms with Crippen molar-refractivity contribution in [2.75, 3.05) is 5.32 Å². The zero-order valence-corrected chi connectivity index (χ0v) is 24.1. The second kappa shape index (κ2) is 12.7. The molecule has 4 aromatic rings. The van der Waals surface area contributed by atoms with Crippen molar-refractivity contribution in [3.63, 3.8) is 0 Å². The van der Waals surface area contributed by atoms with Crippen molar-refractivity contribution >= 4 is 45.8 Å². The van der Waals surface area contributed by atoms with E-state index in [2.05, 4.69) is 21.4 Å². The second-order valence-corrected chi connectivity index (χ2v) is 11.6. The molecule has 0 unspecified atom stereocenters. The number of hydrogen-bond donors (Lipinski definition) is 1. The van der Waals surface area contributed by atoms with Crippen LogP contribution in [0.15, 0.2) is 70.2 Å². The molecule has 1 aliphatic carbocycles.